The minimum absolute atomic E-state index is 0. The van der Waals surface area contributed by atoms with Gasteiger partial charge in [-0.25, -0.2) is 10.8 Å². The molecule has 0 unspecified atom stereocenters. The maximum atomic E-state index is 3.57. The van der Waals surface area contributed by atoms with E-state index in [1.165, 1.54) is 27.8 Å². The zero-order valence-electron chi connectivity index (χ0n) is 14.8. The van der Waals surface area contributed by atoms with Crippen LogP contribution in [-0.4, -0.2) is 8.07 Å². The van der Waals surface area contributed by atoms with Gasteiger partial charge in [-0.3, -0.25) is 6.08 Å². The fourth-order valence-electron chi connectivity index (χ4n) is 2.84. The third kappa shape index (κ3) is 7.10. The van der Waals surface area contributed by atoms with Crippen LogP contribution in [-0.2, 0) is 28.1 Å². The van der Waals surface area contributed by atoms with Crippen molar-refractivity contribution >= 4 is 8.07 Å². The van der Waals surface area contributed by atoms with Crippen molar-refractivity contribution < 1.29 is 58.9 Å². The molecule has 126 valence electrons. The molecule has 1 aromatic rings. The first kappa shape index (κ1) is 28.3. The molecule has 1 aliphatic rings. The van der Waals surface area contributed by atoms with Gasteiger partial charge >= 0.3 is 21.7 Å². The molecule has 0 aromatic heterocycles. The molecular weight excluding hydrogens is 399 g/mol. The van der Waals surface area contributed by atoms with Gasteiger partial charge in [0.25, 0.3) is 0 Å². The van der Waals surface area contributed by atoms with Crippen LogP contribution in [0.4, 0.5) is 0 Å². The van der Waals surface area contributed by atoms with Crippen LogP contribution in [0.2, 0.25) is 19.6 Å². The van der Waals surface area contributed by atoms with E-state index >= 15 is 0 Å². The van der Waals surface area contributed by atoms with Gasteiger partial charge in [-0.2, -0.15) is 6.08 Å². The van der Waals surface area contributed by atoms with Gasteiger partial charge in [0.15, 0.2) is 0 Å². The first-order chi connectivity index (χ1) is 8.79. The van der Waals surface area contributed by atoms with E-state index < -0.39 is 8.07 Å². The summed E-state index contributed by atoms with van der Waals surface area (Å²) in [4.78, 5) is 0. The van der Waals surface area contributed by atoms with E-state index in [2.05, 4.69) is 64.7 Å². The number of halogens is 3. The molecule has 0 bridgehead atoms. The summed E-state index contributed by atoms with van der Waals surface area (Å²) >= 11 is 0. The molecule has 0 radical (unpaired) electrons. The molecule has 0 amide bonds. The van der Waals surface area contributed by atoms with Gasteiger partial charge in [0.05, 0.1) is 0 Å². The van der Waals surface area contributed by atoms with Gasteiger partial charge in [0.2, 0.25) is 0 Å². The van der Waals surface area contributed by atoms with Crippen LogP contribution in [0.3, 0.4) is 0 Å². The van der Waals surface area contributed by atoms with E-state index in [0.717, 1.165) is 12.8 Å². The molecule has 0 spiro atoms. The van der Waals surface area contributed by atoms with Gasteiger partial charge < -0.3 is 37.2 Å². The Labute approximate surface area is 176 Å². The summed E-state index contributed by atoms with van der Waals surface area (Å²) in [5.74, 6) is 0. The third-order valence-electron chi connectivity index (χ3n) is 4.12. The summed E-state index contributed by atoms with van der Waals surface area (Å²) in [5.41, 5.74) is 7.14. The zero-order valence-corrected chi connectivity index (χ0v) is 19.6. The molecule has 1 aromatic carbocycles. The molecule has 0 nitrogen and oxygen atoms in total. The Kier molecular flexibility index (Phi) is 13.8. The second kappa shape index (κ2) is 11.2. The number of hydrogen-bond acceptors (Lipinski definition) is 0. The van der Waals surface area contributed by atoms with Crippen molar-refractivity contribution in [3.8, 4) is 0 Å². The largest absolute Gasteiger partial charge is 4.00 e. The first-order valence-corrected chi connectivity index (χ1v) is 10.7. The fourth-order valence-corrected chi connectivity index (χ4v) is 4.64. The molecule has 0 fully saturated rings. The van der Waals surface area contributed by atoms with Crippen molar-refractivity contribution in [2.45, 2.75) is 53.3 Å². The topological polar surface area (TPSA) is 0 Å². The maximum Gasteiger partial charge on any atom is 4.00 e. The van der Waals surface area contributed by atoms with Crippen LogP contribution >= 0.6 is 0 Å². The predicted octanol–water partition coefficient (Wildman–Crippen LogP) is -3.90. The minimum Gasteiger partial charge on any atom is -1.00 e. The number of benzene rings is 1. The second-order valence-corrected chi connectivity index (χ2v) is 11.8. The average molecular weight is 424 g/mol. The van der Waals surface area contributed by atoms with Crippen molar-refractivity contribution in [1.82, 2.24) is 0 Å². The van der Waals surface area contributed by atoms with Gasteiger partial charge in [0, 0.05) is 0 Å². The van der Waals surface area contributed by atoms with Crippen molar-refractivity contribution in [1.29, 1.82) is 0 Å². The molecular formula is C18H25Cl3SiTi. The fraction of sp³-hybridized carbons (Fsp3) is 0.444. The van der Waals surface area contributed by atoms with Crippen molar-refractivity contribution in [2.75, 3.05) is 0 Å². The van der Waals surface area contributed by atoms with Crippen LogP contribution in [0.15, 0.2) is 29.0 Å². The number of allylic oxidation sites excluding steroid dienone is 4. The maximum absolute atomic E-state index is 3.57. The zero-order chi connectivity index (χ0) is 14.2. The van der Waals surface area contributed by atoms with Crippen LogP contribution in [0.5, 0.6) is 0 Å². The molecule has 0 aliphatic heterocycles. The molecule has 0 saturated heterocycles. The molecule has 0 saturated carbocycles. The van der Waals surface area contributed by atoms with Crippen LogP contribution < -0.4 is 37.2 Å². The summed E-state index contributed by atoms with van der Waals surface area (Å²) in [6.07, 6.45) is 8.04. The number of rotatable bonds is 3. The molecule has 0 atom stereocenters. The van der Waals surface area contributed by atoms with Gasteiger partial charge in [-0.15, -0.1) is 6.42 Å². The van der Waals surface area contributed by atoms with E-state index in [9.17, 15) is 0 Å². The number of aryl methyl sites for hydroxylation is 2. The van der Waals surface area contributed by atoms with Crippen LogP contribution in [0, 0.1) is 26.8 Å². The van der Waals surface area contributed by atoms with Crippen molar-refractivity contribution in [3.05, 3.63) is 57.3 Å². The quantitative estimate of drug-likeness (QED) is 0.345. The Hall–Kier alpha value is 0.501. The third-order valence-corrected chi connectivity index (χ3v) is 6.24. The monoisotopic (exact) mass is 422 g/mol. The van der Waals surface area contributed by atoms with Crippen LogP contribution in [0.1, 0.15) is 28.7 Å². The SMILES string of the molecule is Cc1cc(CC2=[C-]CC=C2[Si](C)(C)C)cc(C)c1C.[Cl-].[Cl-].[Cl-].[Ti+4]. The van der Waals surface area contributed by atoms with Gasteiger partial charge in [-0.1, -0.05) is 31.8 Å². The van der Waals surface area contributed by atoms with E-state index in [-0.39, 0.29) is 58.9 Å². The molecule has 23 heavy (non-hydrogen) atoms. The summed E-state index contributed by atoms with van der Waals surface area (Å²) in [5, 5.41) is 1.61. The summed E-state index contributed by atoms with van der Waals surface area (Å²) in [7, 11) is -1.22. The second-order valence-electron chi connectivity index (χ2n) is 6.76. The van der Waals surface area contributed by atoms with E-state index in [4.69, 9.17) is 0 Å². The minimum atomic E-state index is -1.22. The predicted molar refractivity (Wildman–Crippen MR) is 87.2 cm³/mol. The van der Waals surface area contributed by atoms with Gasteiger partial charge in [-0.05, 0) is 57.5 Å². The Morgan fingerprint density at radius 1 is 0.957 bits per heavy atom. The van der Waals surface area contributed by atoms with E-state index in [1.807, 2.05) is 0 Å². The normalized spacial score (nSPS) is 12.8. The summed E-state index contributed by atoms with van der Waals surface area (Å²) < 4.78 is 0. The summed E-state index contributed by atoms with van der Waals surface area (Å²) in [6, 6.07) is 4.69. The van der Waals surface area contributed by atoms with Crippen molar-refractivity contribution in [3.63, 3.8) is 0 Å². The number of hydrogen-bond donors (Lipinski definition) is 0. The van der Waals surface area contributed by atoms with E-state index in [1.54, 1.807) is 5.20 Å². The van der Waals surface area contributed by atoms with E-state index in [0.29, 0.717) is 0 Å². The molecule has 0 heterocycles. The Morgan fingerprint density at radius 2 is 1.43 bits per heavy atom. The van der Waals surface area contributed by atoms with Crippen molar-refractivity contribution in [2.24, 2.45) is 0 Å². The molecule has 5 heteroatoms. The Morgan fingerprint density at radius 3 is 1.87 bits per heavy atom. The molecule has 1 aliphatic carbocycles. The Bertz CT molecular complexity index is 549. The molecule has 0 N–H and O–H groups in total. The standard InChI is InChI=1S/C18H25Si.3ClH.Ti/c1-13-10-16(11-14(2)15(13)3)12-17-8-7-9-18(17)19(4,5)6;;;;/h9-11H,7,12H2,1-6H3;3*1H;/q-1;;;;+4/p-3. The average Bonchev–Trinajstić information content (AvgIpc) is 2.73. The van der Waals surface area contributed by atoms with Gasteiger partial charge in [0.1, 0.15) is 0 Å². The summed E-state index contributed by atoms with van der Waals surface area (Å²) in [6.45, 7) is 13.9. The smallest absolute Gasteiger partial charge is 1.00 e. The van der Waals surface area contributed by atoms with Crippen LogP contribution in [0.25, 0.3) is 0 Å². The first-order valence-electron chi connectivity index (χ1n) is 7.16. The molecule has 2 rings (SSSR count). The Balaban J connectivity index is -0.000001000.